The van der Waals surface area contributed by atoms with Gasteiger partial charge in [0.2, 0.25) is 0 Å². The molecule has 2 N–H and O–H groups in total. The highest BCUT2D eigenvalue weighted by atomic mass is 16.5. The molecule has 27 heavy (non-hydrogen) atoms. The third-order valence-corrected chi connectivity index (χ3v) is 3.84. The molecule has 0 unspecified atom stereocenters. The standard InChI is InChI=1S/C21H29N3O3/c1-4-26-20-15-17(11-12-19(20)25-3)16-24-21(22-2)23-13-8-14-27-18-9-6-5-7-10-18/h5-7,9-12,15H,4,8,13-14,16H2,1-3H3,(H2,22,23,24). The molecule has 0 saturated heterocycles. The lowest BCUT2D eigenvalue weighted by atomic mass is 10.2. The van der Waals surface area contributed by atoms with Gasteiger partial charge >= 0.3 is 0 Å². The van der Waals surface area contributed by atoms with Crippen LogP contribution in [0.25, 0.3) is 0 Å². The molecule has 0 aliphatic heterocycles. The molecule has 0 spiro atoms. The molecule has 0 bridgehead atoms. The summed E-state index contributed by atoms with van der Waals surface area (Å²) < 4.78 is 16.6. The summed E-state index contributed by atoms with van der Waals surface area (Å²) in [5.74, 6) is 3.13. The van der Waals surface area contributed by atoms with E-state index in [2.05, 4.69) is 15.6 Å². The van der Waals surface area contributed by atoms with Crippen LogP contribution in [0.3, 0.4) is 0 Å². The predicted molar refractivity (Wildman–Crippen MR) is 109 cm³/mol. The van der Waals surface area contributed by atoms with Gasteiger partial charge < -0.3 is 24.8 Å². The lowest BCUT2D eigenvalue weighted by Crippen LogP contribution is -2.37. The SMILES string of the molecule is CCOc1cc(CNC(=NC)NCCCOc2ccccc2)ccc1OC. The quantitative estimate of drug-likeness (QED) is 0.381. The van der Waals surface area contributed by atoms with Crippen LogP contribution in [0.5, 0.6) is 17.2 Å². The number of nitrogens with one attached hydrogen (secondary N) is 2. The summed E-state index contributed by atoms with van der Waals surface area (Å²) in [6, 6.07) is 15.7. The highest BCUT2D eigenvalue weighted by Gasteiger charge is 2.06. The largest absolute Gasteiger partial charge is 0.494 e. The van der Waals surface area contributed by atoms with Gasteiger partial charge in [-0.25, -0.2) is 0 Å². The normalized spacial score (nSPS) is 11.0. The fourth-order valence-corrected chi connectivity index (χ4v) is 2.49. The first-order valence-corrected chi connectivity index (χ1v) is 9.19. The molecule has 0 heterocycles. The molecule has 0 aliphatic rings. The number of methoxy groups -OCH3 is 1. The summed E-state index contributed by atoms with van der Waals surface area (Å²) in [6.07, 6.45) is 0.882. The Hall–Kier alpha value is -2.89. The molecule has 2 rings (SSSR count). The molecule has 2 aromatic carbocycles. The Morgan fingerprint density at radius 1 is 1.00 bits per heavy atom. The summed E-state index contributed by atoms with van der Waals surface area (Å²) in [5, 5.41) is 6.59. The second-order valence-electron chi connectivity index (χ2n) is 5.79. The highest BCUT2D eigenvalue weighted by molar-refractivity contribution is 5.79. The van der Waals surface area contributed by atoms with Crippen molar-refractivity contribution in [1.29, 1.82) is 0 Å². The van der Waals surface area contributed by atoms with Crippen LogP contribution in [0, 0.1) is 0 Å². The van der Waals surface area contributed by atoms with Crippen molar-refractivity contribution in [3.63, 3.8) is 0 Å². The van der Waals surface area contributed by atoms with Crippen molar-refractivity contribution in [3.05, 3.63) is 54.1 Å². The molecule has 0 atom stereocenters. The molecular weight excluding hydrogens is 342 g/mol. The van der Waals surface area contributed by atoms with Crippen molar-refractivity contribution in [2.24, 2.45) is 4.99 Å². The average Bonchev–Trinajstić information content (AvgIpc) is 2.71. The summed E-state index contributed by atoms with van der Waals surface area (Å²) >= 11 is 0. The van der Waals surface area contributed by atoms with E-state index in [4.69, 9.17) is 14.2 Å². The zero-order chi connectivity index (χ0) is 19.3. The first-order chi connectivity index (χ1) is 13.3. The van der Waals surface area contributed by atoms with Crippen LogP contribution in [0.4, 0.5) is 0 Å². The Labute approximate surface area is 161 Å². The maximum atomic E-state index is 5.68. The zero-order valence-corrected chi connectivity index (χ0v) is 16.3. The van der Waals surface area contributed by atoms with Crippen molar-refractivity contribution < 1.29 is 14.2 Å². The second kappa shape index (κ2) is 11.7. The van der Waals surface area contributed by atoms with Crippen molar-refractivity contribution in [1.82, 2.24) is 10.6 Å². The molecule has 146 valence electrons. The van der Waals surface area contributed by atoms with Gasteiger partial charge in [-0.1, -0.05) is 24.3 Å². The highest BCUT2D eigenvalue weighted by Crippen LogP contribution is 2.27. The molecule has 2 aromatic rings. The first kappa shape index (κ1) is 20.4. The van der Waals surface area contributed by atoms with Crippen LogP contribution in [-0.2, 0) is 6.54 Å². The molecular formula is C21H29N3O3. The molecule has 6 nitrogen and oxygen atoms in total. The number of rotatable bonds is 10. The predicted octanol–water partition coefficient (Wildman–Crippen LogP) is 3.23. The number of ether oxygens (including phenoxy) is 3. The summed E-state index contributed by atoms with van der Waals surface area (Å²) in [6.45, 7) is 4.63. The molecule has 0 saturated carbocycles. The Morgan fingerprint density at radius 3 is 2.52 bits per heavy atom. The molecule has 0 radical (unpaired) electrons. The number of aliphatic imine (C=N–C) groups is 1. The van der Waals surface area contributed by atoms with Gasteiger partial charge in [0.1, 0.15) is 5.75 Å². The van der Waals surface area contributed by atoms with E-state index in [0.717, 1.165) is 41.7 Å². The number of para-hydroxylation sites is 1. The Morgan fingerprint density at radius 2 is 1.81 bits per heavy atom. The van der Waals surface area contributed by atoms with E-state index in [0.29, 0.717) is 19.8 Å². The van der Waals surface area contributed by atoms with Crippen molar-refractivity contribution in [2.75, 3.05) is 33.9 Å². The minimum atomic E-state index is 0.599. The van der Waals surface area contributed by atoms with Gasteiger partial charge in [-0.3, -0.25) is 4.99 Å². The van der Waals surface area contributed by atoms with E-state index in [9.17, 15) is 0 Å². The zero-order valence-electron chi connectivity index (χ0n) is 16.3. The molecule has 6 heteroatoms. The number of benzene rings is 2. The maximum absolute atomic E-state index is 5.68. The minimum Gasteiger partial charge on any atom is -0.494 e. The van der Waals surface area contributed by atoms with Crippen LogP contribution >= 0.6 is 0 Å². The van der Waals surface area contributed by atoms with E-state index in [1.54, 1.807) is 14.2 Å². The van der Waals surface area contributed by atoms with E-state index < -0.39 is 0 Å². The van der Waals surface area contributed by atoms with Crippen LogP contribution in [0.15, 0.2) is 53.5 Å². The van der Waals surface area contributed by atoms with E-state index >= 15 is 0 Å². The third kappa shape index (κ3) is 7.09. The smallest absolute Gasteiger partial charge is 0.191 e. The fraction of sp³-hybridized carbons (Fsp3) is 0.381. The van der Waals surface area contributed by atoms with E-state index in [1.807, 2.05) is 55.5 Å². The Balaban J connectivity index is 1.73. The topological polar surface area (TPSA) is 64.1 Å². The van der Waals surface area contributed by atoms with Gasteiger partial charge in [0, 0.05) is 20.1 Å². The molecule has 0 aliphatic carbocycles. The van der Waals surface area contributed by atoms with Gasteiger partial charge in [-0.2, -0.15) is 0 Å². The Bertz CT molecular complexity index is 705. The number of hydrogen-bond donors (Lipinski definition) is 2. The number of nitrogens with zero attached hydrogens (tertiary/aromatic N) is 1. The summed E-state index contributed by atoms with van der Waals surface area (Å²) in [5.41, 5.74) is 1.09. The molecule has 0 aromatic heterocycles. The van der Waals surface area contributed by atoms with Crippen LogP contribution in [-0.4, -0.2) is 39.9 Å². The van der Waals surface area contributed by atoms with Crippen molar-refractivity contribution in [2.45, 2.75) is 19.9 Å². The third-order valence-electron chi connectivity index (χ3n) is 3.84. The van der Waals surface area contributed by atoms with Crippen molar-refractivity contribution >= 4 is 5.96 Å². The fourth-order valence-electron chi connectivity index (χ4n) is 2.49. The molecule has 0 amide bonds. The monoisotopic (exact) mass is 371 g/mol. The van der Waals surface area contributed by atoms with Gasteiger partial charge in [-0.05, 0) is 43.2 Å². The van der Waals surface area contributed by atoms with Crippen molar-refractivity contribution in [3.8, 4) is 17.2 Å². The Kier molecular flexibility index (Phi) is 8.83. The second-order valence-corrected chi connectivity index (χ2v) is 5.79. The van der Waals surface area contributed by atoms with Gasteiger partial charge in [0.05, 0.1) is 20.3 Å². The number of hydrogen-bond acceptors (Lipinski definition) is 4. The first-order valence-electron chi connectivity index (χ1n) is 9.19. The van der Waals surface area contributed by atoms with Crippen LogP contribution in [0.2, 0.25) is 0 Å². The van der Waals surface area contributed by atoms with Gasteiger partial charge in [0.25, 0.3) is 0 Å². The maximum Gasteiger partial charge on any atom is 0.191 e. The van der Waals surface area contributed by atoms with Gasteiger partial charge in [-0.15, -0.1) is 0 Å². The molecule has 0 fully saturated rings. The number of guanidine groups is 1. The summed E-state index contributed by atoms with van der Waals surface area (Å²) in [4.78, 5) is 4.25. The average molecular weight is 371 g/mol. The summed E-state index contributed by atoms with van der Waals surface area (Å²) in [7, 11) is 3.40. The van der Waals surface area contributed by atoms with Crippen LogP contribution < -0.4 is 24.8 Å². The van der Waals surface area contributed by atoms with Crippen LogP contribution in [0.1, 0.15) is 18.9 Å². The van der Waals surface area contributed by atoms with E-state index in [1.165, 1.54) is 0 Å². The minimum absolute atomic E-state index is 0.599. The lowest BCUT2D eigenvalue weighted by molar-refractivity contribution is 0.310. The lowest BCUT2D eigenvalue weighted by Gasteiger charge is -2.14. The van der Waals surface area contributed by atoms with E-state index in [-0.39, 0.29) is 0 Å². The van der Waals surface area contributed by atoms with Gasteiger partial charge in [0.15, 0.2) is 17.5 Å².